The molecule has 134 valence electrons. The summed E-state index contributed by atoms with van der Waals surface area (Å²) in [6.45, 7) is 5.36. The first-order chi connectivity index (χ1) is 12.2. The van der Waals surface area contributed by atoms with Crippen molar-refractivity contribution >= 4 is 5.91 Å². The largest absolute Gasteiger partial charge is 0.351 e. The van der Waals surface area contributed by atoms with E-state index in [4.69, 9.17) is 10.3 Å². The van der Waals surface area contributed by atoms with Gasteiger partial charge in [0, 0.05) is 32.7 Å². The van der Waals surface area contributed by atoms with Crippen molar-refractivity contribution in [3.05, 3.63) is 47.6 Å². The van der Waals surface area contributed by atoms with E-state index < -0.39 is 0 Å². The number of piperazine rings is 1. The summed E-state index contributed by atoms with van der Waals surface area (Å²) < 4.78 is 5.02. The first kappa shape index (κ1) is 17.5. The van der Waals surface area contributed by atoms with Crippen LogP contribution >= 0.6 is 0 Å². The van der Waals surface area contributed by atoms with Crippen molar-refractivity contribution in [3.63, 3.8) is 0 Å². The Morgan fingerprint density at radius 1 is 1.16 bits per heavy atom. The highest BCUT2D eigenvalue weighted by Gasteiger charge is 2.20. The van der Waals surface area contributed by atoms with Crippen LogP contribution in [0.2, 0.25) is 0 Å². The van der Waals surface area contributed by atoms with E-state index in [2.05, 4.69) is 25.3 Å². The van der Waals surface area contributed by atoms with Crippen LogP contribution in [0, 0.1) is 0 Å². The SMILES string of the molecule is NCc1nc(CN2CCN(CC(=O)NCc3ccccc3)CC2)no1. The van der Waals surface area contributed by atoms with Gasteiger partial charge in [0.25, 0.3) is 0 Å². The Morgan fingerprint density at radius 2 is 1.88 bits per heavy atom. The molecule has 0 spiro atoms. The van der Waals surface area contributed by atoms with E-state index in [0.29, 0.717) is 31.3 Å². The van der Waals surface area contributed by atoms with Crippen LogP contribution in [0.25, 0.3) is 0 Å². The Labute approximate surface area is 147 Å². The second-order valence-electron chi connectivity index (χ2n) is 6.12. The van der Waals surface area contributed by atoms with E-state index in [-0.39, 0.29) is 12.5 Å². The van der Waals surface area contributed by atoms with Crippen molar-refractivity contribution in [2.75, 3.05) is 32.7 Å². The van der Waals surface area contributed by atoms with E-state index in [1.165, 1.54) is 0 Å². The molecule has 1 aliphatic heterocycles. The van der Waals surface area contributed by atoms with Crippen LogP contribution in [-0.4, -0.2) is 58.6 Å². The highest BCUT2D eigenvalue weighted by atomic mass is 16.5. The zero-order valence-corrected chi connectivity index (χ0v) is 14.2. The molecule has 1 aliphatic rings. The van der Waals surface area contributed by atoms with Gasteiger partial charge in [-0.3, -0.25) is 14.6 Å². The summed E-state index contributed by atoms with van der Waals surface area (Å²) in [7, 11) is 0. The molecule has 2 heterocycles. The highest BCUT2D eigenvalue weighted by molar-refractivity contribution is 5.78. The summed E-state index contributed by atoms with van der Waals surface area (Å²) in [6.07, 6.45) is 0. The zero-order valence-electron chi connectivity index (χ0n) is 14.2. The predicted octanol–water partition coefficient (Wildman–Crippen LogP) is -0.0377. The van der Waals surface area contributed by atoms with Gasteiger partial charge in [-0.1, -0.05) is 35.5 Å². The fourth-order valence-corrected chi connectivity index (χ4v) is 2.80. The second kappa shape index (κ2) is 8.70. The van der Waals surface area contributed by atoms with Gasteiger partial charge < -0.3 is 15.6 Å². The first-order valence-corrected chi connectivity index (χ1v) is 8.50. The van der Waals surface area contributed by atoms with Crippen LogP contribution in [0.1, 0.15) is 17.3 Å². The van der Waals surface area contributed by atoms with Gasteiger partial charge in [0.15, 0.2) is 5.82 Å². The molecule has 1 saturated heterocycles. The highest BCUT2D eigenvalue weighted by Crippen LogP contribution is 2.06. The van der Waals surface area contributed by atoms with Crippen LogP contribution in [0.5, 0.6) is 0 Å². The summed E-state index contributed by atoms with van der Waals surface area (Å²) in [6, 6.07) is 9.93. The molecule has 8 heteroatoms. The van der Waals surface area contributed by atoms with Gasteiger partial charge in [0.2, 0.25) is 11.8 Å². The molecule has 3 N–H and O–H groups in total. The van der Waals surface area contributed by atoms with Crippen molar-refractivity contribution in [1.29, 1.82) is 0 Å². The number of aromatic nitrogens is 2. The van der Waals surface area contributed by atoms with E-state index in [9.17, 15) is 4.79 Å². The van der Waals surface area contributed by atoms with Gasteiger partial charge in [-0.2, -0.15) is 4.98 Å². The van der Waals surface area contributed by atoms with Crippen LogP contribution < -0.4 is 11.1 Å². The van der Waals surface area contributed by atoms with Gasteiger partial charge in [-0.05, 0) is 5.56 Å². The molecule has 3 rings (SSSR count). The van der Waals surface area contributed by atoms with Crippen LogP contribution in [0.3, 0.4) is 0 Å². The first-order valence-electron chi connectivity index (χ1n) is 8.50. The lowest BCUT2D eigenvalue weighted by Gasteiger charge is -2.33. The lowest BCUT2D eigenvalue weighted by Crippen LogP contribution is -2.49. The maximum Gasteiger partial charge on any atom is 0.240 e. The molecule has 0 radical (unpaired) electrons. The number of rotatable bonds is 7. The molecule has 0 bridgehead atoms. The maximum absolute atomic E-state index is 12.1. The van der Waals surface area contributed by atoms with Crippen LogP contribution in [0.15, 0.2) is 34.9 Å². The number of benzene rings is 1. The molecular weight excluding hydrogens is 320 g/mol. The zero-order chi connectivity index (χ0) is 17.5. The van der Waals surface area contributed by atoms with E-state index in [1.807, 2.05) is 30.3 Å². The second-order valence-corrected chi connectivity index (χ2v) is 6.12. The molecular formula is C17H24N6O2. The Morgan fingerprint density at radius 3 is 2.56 bits per heavy atom. The fraction of sp³-hybridized carbons (Fsp3) is 0.471. The van der Waals surface area contributed by atoms with Gasteiger partial charge in [-0.15, -0.1) is 0 Å². The molecule has 1 aromatic carbocycles. The van der Waals surface area contributed by atoms with Crippen molar-refractivity contribution in [2.45, 2.75) is 19.6 Å². The quantitative estimate of drug-likeness (QED) is 0.727. The average Bonchev–Trinajstić information content (AvgIpc) is 3.10. The lowest BCUT2D eigenvalue weighted by atomic mass is 10.2. The molecule has 0 unspecified atom stereocenters. The summed E-state index contributed by atoms with van der Waals surface area (Å²) >= 11 is 0. The Bertz CT molecular complexity index is 667. The smallest absolute Gasteiger partial charge is 0.240 e. The number of nitrogens with zero attached hydrogens (tertiary/aromatic N) is 4. The number of carbonyl (C=O) groups is 1. The minimum Gasteiger partial charge on any atom is -0.351 e. The third-order valence-corrected chi connectivity index (χ3v) is 4.21. The van der Waals surface area contributed by atoms with Crippen molar-refractivity contribution in [1.82, 2.24) is 25.3 Å². The summed E-state index contributed by atoms with van der Waals surface area (Å²) in [5, 5.41) is 6.88. The van der Waals surface area contributed by atoms with Crippen LogP contribution in [0.4, 0.5) is 0 Å². The third-order valence-electron chi connectivity index (χ3n) is 4.21. The maximum atomic E-state index is 12.1. The normalized spacial score (nSPS) is 16.0. The monoisotopic (exact) mass is 344 g/mol. The fourth-order valence-electron chi connectivity index (χ4n) is 2.80. The number of nitrogens with two attached hydrogens (primary N) is 1. The van der Waals surface area contributed by atoms with Crippen molar-refractivity contribution < 1.29 is 9.32 Å². The molecule has 0 aliphatic carbocycles. The standard InChI is InChI=1S/C17H24N6O2/c18-10-17-20-15(21-25-17)12-22-6-8-23(9-7-22)13-16(24)19-11-14-4-2-1-3-5-14/h1-5H,6-13,18H2,(H,19,24). The van der Waals surface area contributed by atoms with Crippen LogP contribution in [-0.2, 0) is 24.4 Å². The lowest BCUT2D eigenvalue weighted by molar-refractivity contribution is -0.122. The van der Waals surface area contributed by atoms with Crippen molar-refractivity contribution in [2.24, 2.45) is 5.73 Å². The number of hydrogen-bond donors (Lipinski definition) is 2. The molecule has 1 amide bonds. The average molecular weight is 344 g/mol. The minimum absolute atomic E-state index is 0.0584. The molecule has 1 aromatic heterocycles. The number of hydrogen-bond acceptors (Lipinski definition) is 7. The van der Waals surface area contributed by atoms with Gasteiger partial charge in [-0.25, -0.2) is 0 Å². The third kappa shape index (κ3) is 5.35. The van der Waals surface area contributed by atoms with E-state index in [0.717, 1.165) is 31.7 Å². The van der Waals surface area contributed by atoms with E-state index in [1.54, 1.807) is 0 Å². The molecule has 2 aromatic rings. The Hall–Kier alpha value is -2.29. The summed E-state index contributed by atoms with van der Waals surface area (Å²) in [4.78, 5) is 20.7. The Balaban J connectivity index is 1.36. The number of amides is 1. The number of carbonyl (C=O) groups excluding carboxylic acids is 1. The molecule has 0 atom stereocenters. The Kier molecular flexibility index (Phi) is 6.10. The molecule has 1 fully saturated rings. The summed E-state index contributed by atoms with van der Waals surface area (Å²) in [5.41, 5.74) is 6.58. The molecule has 25 heavy (non-hydrogen) atoms. The number of nitrogens with one attached hydrogen (secondary N) is 1. The van der Waals surface area contributed by atoms with Gasteiger partial charge >= 0.3 is 0 Å². The van der Waals surface area contributed by atoms with Gasteiger partial charge in [0.1, 0.15) is 0 Å². The topological polar surface area (TPSA) is 101 Å². The van der Waals surface area contributed by atoms with Gasteiger partial charge in [0.05, 0.1) is 19.6 Å². The van der Waals surface area contributed by atoms with Crippen molar-refractivity contribution in [3.8, 4) is 0 Å². The summed E-state index contributed by atoms with van der Waals surface area (Å²) in [5.74, 6) is 1.18. The van der Waals surface area contributed by atoms with E-state index >= 15 is 0 Å². The minimum atomic E-state index is 0.0584. The predicted molar refractivity (Wildman–Crippen MR) is 92.2 cm³/mol. The molecule has 0 saturated carbocycles. The molecule has 8 nitrogen and oxygen atoms in total.